The predicted octanol–water partition coefficient (Wildman–Crippen LogP) is 3.04. The molecule has 6 nitrogen and oxygen atoms in total. The van der Waals surface area contributed by atoms with Gasteiger partial charge < -0.3 is 19.7 Å². The summed E-state index contributed by atoms with van der Waals surface area (Å²) in [6.07, 6.45) is 0.264. The third-order valence-corrected chi connectivity index (χ3v) is 4.39. The average molecular weight is 389 g/mol. The van der Waals surface area contributed by atoms with Crippen molar-refractivity contribution in [3.8, 4) is 11.5 Å². The van der Waals surface area contributed by atoms with Crippen molar-refractivity contribution in [2.45, 2.75) is 19.4 Å². The van der Waals surface area contributed by atoms with Gasteiger partial charge in [0.1, 0.15) is 11.5 Å². The summed E-state index contributed by atoms with van der Waals surface area (Å²) in [6, 6.07) is 13.9. The van der Waals surface area contributed by atoms with E-state index in [9.17, 15) is 9.59 Å². The van der Waals surface area contributed by atoms with Gasteiger partial charge in [0.15, 0.2) is 6.61 Å². The van der Waals surface area contributed by atoms with Gasteiger partial charge in [0, 0.05) is 23.7 Å². The van der Waals surface area contributed by atoms with Crippen LogP contribution < -0.4 is 19.7 Å². The van der Waals surface area contributed by atoms with Crippen LogP contribution in [0.15, 0.2) is 48.5 Å². The Morgan fingerprint density at radius 1 is 1.11 bits per heavy atom. The monoisotopic (exact) mass is 388 g/mol. The van der Waals surface area contributed by atoms with Gasteiger partial charge in [-0.1, -0.05) is 11.6 Å². The summed E-state index contributed by atoms with van der Waals surface area (Å²) in [7, 11) is 0. The Bertz CT molecular complexity index is 793. The molecule has 0 saturated carbocycles. The highest BCUT2D eigenvalue weighted by Gasteiger charge is 2.31. The molecule has 1 heterocycles. The molecule has 2 aromatic rings. The highest BCUT2D eigenvalue weighted by Crippen LogP contribution is 2.24. The topological polar surface area (TPSA) is 67.9 Å². The van der Waals surface area contributed by atoms with Gasteiger partial charge >= 0.3 is 0 Å². The molecule has 2 aromatic carbocycles. The molecular formula is C20H21ClN2O4. The number of halogens is 1. The summed E-state index contributed by atoms with van der Waals surface area (Å²) in [6.45, 7) is 2.82. The van der Waals surface area contributed by atoms with Crippen LogP contribution in [0.1, 0.15) is 13.3 Å². The lowest BCUT2D eigenvalue weighted by Gasteiger charge is -2.18. The maximum absolute atomic E-state index is 12.3. The van der Waals surface area contributed by atoms with E-state index in [1.165, 1.54) is 0 Å². The van der Waals surface area contributed by atoms with Gasteiger partial charge in [-0.25, -0.2) is 0 Å². The average Bonchev–Trinajstić information content (AvgIpc) is 3.02. The summed E-state index contributed by atoms with van der Waals surface area (Å²) >= 11 is 5.81. The number of amides is 2. The number of nitrogens with zero attached hydrogens (tertiary/aromatic N) is 1. The molecule has 27 heavy (non-hydrogen) atoms. The lowest BCUT2D eigenvalue weighted by molar-refractivity contribution is -0.123. The Morgan fingerprint density at radius 3 is 2.41 bits per heavy atom. The molecule has 1 saturated heterocycles. The van der Waals surface area contributed by atoms with Crippen LogP contribution in [0.2, 0.25) is 5.02 Å². The second-order valence-electron chi connectivity index (χ2n) is 6.14. The number of benzene rings is 2. The molecule has 0 aliphatic carbocycles. The number of carbonyl (C=O) groups is 2. The minimum absolute atomic E-state index is 0.0249. The SMILES string of the molecule is CCOc1ccc(N2C[C@@H](NC(=O)COc3ccc(Cl)cc3)CC2=O)cc1. The molecular weight excluding hydrogens is 368 g/mol. The number of ether oxygens (including phenoxy) is 2. The maximum Gasteiger partial charge on any atom is 0.258 e. The van der Waals surface area contributed by atoms with E-state index in [1.54, 1.807) is 29.2 Å². The number of carbonyl (C=O) groups excluding carboxylic acids is 2. The Labute approximate surface area is 163 Å². The van der Waals surface area contributed by atoms with E-state index >= 15 is 0 Å². The molecule has 3 rings (SSSR count). The van der Waals surface area contributed by atoms with Crippen molar-refractivity contribution in [2.75, 3.05) is 24.7 Å². The summed E-state index contributed by atoms with van der Waals surface area (Å²) in [5, 5.41) is 3.45. The van der Waals surface area contributed by atoms with E-state index in [0.29, 0.717) is 23.9 Å². The van der Waals surface area contributed by atoms with Crippen LogP contribution >= 0.6 is 11.6 Å². The highest BCUT2D eigenvalue weighted by molar-refractivity contribution is 6.30. The van der Waals surface area contributed by atoms with Gasteiger partial charge in [0.25, 0.3) is 5.91 Å². The van der Waals surface area contributed by atoms with E-state index in [-0.39, 0.29) is 30.9 Å². The molecule has 1 N–H and O–H groups in total. The molecule has 0 radical (unpaired) electrons. The standard InChI is InChI=1S/C20H21ClN2O4/c1-2-26-17-9-5-16(6-10-17)23-12-15(11-20(23)25)22-19(24)13-27-18-7-3-14(21)4-8-18/h3-10,15H,2,11-13H2,1H3,(H,22,24)/t15-/m0/s1. The molecule has 0 spiro atoms. The first kappa shape index (κ1) is 19.0. The highest BCUT2D eigenvalue weighted by atomic mass is 35.5. The Morgan fingerprint density at radius 2 is 1.74 bits per heavy atom. The summed E-state index contributed by atoms with van der Waals surface area (Å²) in [5.41, 5.74) is 0.789. The molecule has 0 unspecified atom stereocenters. The van der Waals surface area contributed by atoms with Crippen LogP contribution in [-0.4, -0.2) is 37.6 Å². The van der Waals surface area contributed by atoms with E-state index in [2.05, 4.69) is 5.32 Å². The van der Waals surface area contributed by atoms with Crippen molar-refractivity contribution in [2.24, 2.45) is 0 Å². The van der Waals surface area contributed by atoms with Crippen molar-refractivity contribution in [3.05, 3.63) is 53.6 Å². The summed E-state index contributed by atoms with van der Waals surface area (Å²) < 4.78 is 10.8. The van der Waals surface area contributed by atoms with E-state index in [1.807, 2.05) is 31.2 Å². The molecule has 142 valence electrons. The van der Waals surface area contributed by atoms with Gasteiger partial charge in [-0.05, 0) is 55.5 Å². The van der Waals surface area contributed by atoms with Gasteiger partial charge in [0.2, 0.25) is 5.91 Å². The number of nitrogens with one attached hydrogen (secondary N) is 1. The van der Waals surface area contributed by atoms with Crippen molar-refractivity contribution in [1.29, 1.82) is 0 Å². The molecule has 1 aliphatic heterocycles. The van der Waals surface area contributed by atoms with Gasteiger partial charge in [-0.15, -0.1) is 0 Å². The third kappa shape index (κ3) is 5.14. The fraction of sp³-hybridized carbons (Fsp3) is 0.300. The van der Waals surface area contributed by atoms with Crippen molar-refractivity contribution < 1.29 is 19.1 Å². The molecule has 0 bridgehead atoms. The van der Waals surface area contributed by atoms with Crippen LogP contribution in [0.4, 0.5) is 5.69 Å². The fourth-order valence-corrected chi connectivity index (χ4v) is 3.02. The van der Waals surface area contributed by atoms with Crippen LogP contribution in [0.5, 0.6) is 11.5 Å². The molecule has 7 heteroatoms. The fourth-order valence-electron chi connectivity index (χ4n) is 2.89. The van der Waals surface area contributed by atoms with Crippen LogP contribution in [-0.2, 0) is 9.59 Å². The zero-order valence-electron chi connectivity index (χ0n) is 15.0. The van der Waals surface area contributed by atoms with E-state index in [4.69, 9.17) is 21.1 Å². The van der Waals surface area contributed by atoms with E-state index < -0.39 is 0 Å². The molecule has 1 aliphatic rings. The second-order valence-corrected chi connectivity index (χ2v) is 6.58. The second kappa shape index (κ2) is 8.77. The third-order valence-electron chi connectivity index (χ3n) is 4.13. The number of anilines is 1. The first-order chi connectivity index (χ1) is 13.0. The van der Waals surface area contributed by atoms with Crippen LogP contribution in [0.3, 0.4) is 0 Å². The smallest absolute Gasteiger partial charge is 0.258 e. The minimum atomic E-state index is -0.267. The first-order valence-corrected chi connectivity index (χ1v) is 9.14. The first-order valence-electron chi connectivity index (χ1n) is 8.76. The Kier molecular flexibility index (Phi) is 6.19. The van der Waals surface area contributed by atoms with Crippen molar-refractivity contribution >= 4 is 29.1 Å². The predicted molar refractivity (Wildman–Crippen MR) is 103 cm³/mol. The minimum Gasteiger partial charge on any atom is -0.494 e. The molecule has 0 aromatic heterocycles. The zero-order chi connectivity index (χ0) is 19.2. The molecule has 2 amide bonds. The summed E-state index contributed by atoms with van der Waals surface area (Å²) in [5.74, 6) is 1.03. The number of hydrogen-bond acceptors (Lipinski definition) is 4. The lowest BCUT2D eigenvalue weighted by Crippen LogP contribution is -2.39. The number of hydrogen-bond donors (Lipinski definition) is 1. The Hall–Kier alpha value is -2.73. The molecule has 1 fully saturated rings. The largest absolute Gasteiger partial charge is 0.494 e. The zero-order valence-corrected chi connectivity index (χ0v) is 15.7. The van der Waals surface area contributed by atoms with Crippen molar-refractivity contribution in [3.63, 3.8) is 0 Å². The van der Waals surface area contributed by atoms with E-state index in [0.717, 1.165) is 11.4 Å². The quantitative estimate of drug-likeness (QED) is 0.791. The maximum atomic E-state index is 12.3. The van der Waals surface area contributed by atoms with Crippen LogP contribution in [0.25, 0.3) is 0 Å². The van der Waals surface area contributed by atoms with Crippen LogP contribution in [0, 0.1) is 0 Å². The van der Waals surface area contributed by atoms with Gasteiger partial charge in [0.05, 0.1) is 12.6 Å². The number of rotatable bonds is 7. The Balaban J connectivity index is 1.50. The summed E-state index contributed by atoms with van der Waals surface area (Å²) in [4.78, 5) is 26.1. The van der Waals surface area contributed by atoms with Gasteiger partial charge in [-0.3, -0.25) is 9.59 Å². The lowest BCUT2D eigenvalue weighted by atomic mass is 10.2. The molecule has 1 atom stereocenters. The van der Waals surface area contributed by atoms with Gasteiger partial charge in [-0.2, -0.15) is 0 Å². The van der Waals surface area contributed by atoms with Crippen molar-refractivity contribution in [1.82, 2.24) is 5.32 Å². The normalized spacial score (nSPS) is 16.3.